The van der Waals surface area contributed by atoms with Crippen LogP contribution < -0.4 is 5.73 Å². The highest BCUT2D eigenvalue weighted by atomic mass is 28.3. The molecule has 4 atom stereocenters. The lowest BCUT2D eigenvalue weighted by molar-refractivity contribution is -0.161. The summed E-state index contributed by atoms with van der Waals surface area (Å²) in [6.07, 6.45) is 8.10. The molecule has 11 heteroatoms. The van der Waals surface area contributed by atoms with Crippen LogP contribution in [0.15, 0.2) is 36.8 Å². The summed E-state index contributed by atoms with van der Waals surface area (Å²) < 4.78 is 24.1. The summed E-state index contributed by atoms with van der Waals surface area (Å²) in [6.45, 7) is 26.3. The Morgan fingerprint density at radius 1 is 1.02 bits per heavy atom. The highest BCUT2D eigenvalue weighted by Crippen LogP contribution is 2.48. The van der Waals surface area contributed by atoms with Gasteiger partial charge in [0.05, 0.1) is 28.6 Å². The largest absolute Gasteiger partial charge is 0.383 e. The number of hydrogen-bond donors (Lipinski definition) is 1. The summed E-state index contributed by atoms with van der Waals surface area (Å²) in [7, 11) is -1.16. The molecular formula is C41H63N7O3Si. The molecule has 3 aromatic heterocycles. The van der Waals surface area contributed by atoms with E-state index in [4.69, 9.17) is 24.9 Å². The summed E-state index contributed by atoms with van der Waals surface area (Å²) in [6, 6.07) is 10.6. The standard InChI is InChI=1S/C41H63N7O3Si/c1-26(2)46(23-29-20-34(37-36(29)50-41(6,7)51-37)47-14-13-31-38(42)43-24-44-39(31)47)22-28-17-27(18-28)19-35-45-32-21-30(40(3,4)5)11-12-33(32)48(35)25-49-15-16-52(8,9)10/h11-14,21,24,26-29,34,36-37H,15-20,22-23,25H2,1-10H3,(H2,42,43,44)/t27?,28?,29?,34-,36-,37+/m1/s1. The molecule has 284 valence electrons. The Morgan fingerprint density at radius 2 is 1.77 bits per heavy atom. The van der Waals surface area contributed by atoms with Gasteiger partial charge in [-0.15, -0.1) is 0 Å². The van der Waals surface area contributed by atoms with E-state index in [-0.39, 0.29) is 23.7 Å². The monoisotopic (exact) mass is 729 g/mol. The molecule has 1 aromatic carbocycles. The van der Waals surface area contributed by atoms with Gasteiger partial charge in [0, 0.05) is 52.3 Å². The van der Waals surface area contributed by atoms with Crippen LogP contribution in [0.1, 0.15) is 85.2 Å². The van der Waals surface area contributed by atoms with E-state index in [2.05, 4.69) is 103 Å². The Hall–Kier alpha value is -2.83. The number of hydrogen-bond acceptors (Lipinski definition) is 8. The minimum Gasteiger partial charge on any atom is -0.383 e. The number of anilines is 1. The second kappa shape index (κ2) is 14.1. The van der Waals surface area contributed by atoms with Crippen LogP contribution in [0.25, 0.3) is 22.1 Å². The van der Waals surface area contributed by atoms with Crippen molar-refractivity contribution in [2.75, 3.05) is 25.4 Å². The molecule has 1 aliphatic heterocycles. The average molecular weight is 730 g/mol. The van der Waals surface area contributed by atoms with Gasteiger partial charge in [-0.25, -0.2) is 15.0 Å². The molecule has 2 N–H and O–H groups in total. The number of rotatable bonds is 13. The van der Waals surface area contributed by atoms with Gasteiger partial charge in [-0.2, -0.15) is 0 Å². The lowest BCUT2D eigenvalue weighted by Gasteiger charge is -2.41. The zero-order chi connectivity index (χ0) is 37.2. The molecule has 4 aromatic rings. The van der Waals surface area contributed by atoms with Gasteiger partial charge in [-0.1, -0.05) is 46.5 Å². The summed E-state index contributed by atoms with van der Waals surface area (Å²) >= 11 is 0. The number of nitrogens with two attached hydrogens (primary N) is 1. The van der Waals surface area contributed by atoms with Crippen LogP contribution >= 0.6 is 0 Å². The molecule has 0 amide bonds. The van der Waals surface area contributed by atoms with Crippen molar-refractivity contribution in [1.82, 2.24) is 29.0 Å². The van der Waals surface area contributed by atoms with Gasteiger partial charge in [-0.05, 0) is 94.0 Å². The fourth-order valence-corrected chi connectivity index (χ4v) is 9.58. The first-order valence-corrected chi connectivity index (χ1v) is 23.4. The molecule has 1 saturated heterocycles. The second-order valence-electron chi connectivity index (χ2n) is 19.1. The predicted molar refractivity (Wildman–Crippen MR) is 212 cm³/mol. The third-order valence-electron chi connectivity index (χ3n) is 11.9. The summed E-state index contributed by atoms with van der Waals surface area (Å²) in [5.74, 6) is 2.75. The van der Waals surface area contributed by atoms with Crippen molar-refractivity contribution >= 4 is 36.0 Å². The molecule has 3 fully saturated rings. The van der Waals surface area contributed by atoms with Crippen LogP contribution in [-0.4, -0.2) is 80.8 Å². The van der Waals surface area contributed by atoms with E-state index in [1.54, 1.807) is 6.33 Å². The Bertz CT molecular complexity index is 1870. The summed E-state index contributed by atoms with van der Waals surface area (Å²) in [5, 5.41) is 0.892. The Morgan fingerprint density at radius 3 is 2.48 bits per heavy atom. The first kappa shape index (κ1) is 37.5. The summed E-state index contributed by atoms with van der Waals surface area (Å²) in [4.78, 5) is 16.8. The van der Waals surface area contributed by atoms with Crippen molar-refractivity contribution in [3.05, 3.63) is 48.2 Å². The molecule has 0 spiro atoms. The molecule has 4 heterocycles. The number of nitrogens with zero attached hydrogens (tertiary/aromatic N) is 6. The molecule has 0 bridgehead atoms. The smallest absolute Gasteiger partial charge is 0.163 e. The first-order chi connectivity index (χ1) is 24.5. The van der Waals surface area contributed by atoms with E-state index in [0.717, 1.165) is 49.1 Å². The van der Waals surface area contributed by atoms with E-state index in [1.807, 2.05) is 19.9 Å². The number of imidazole rings is 1. The van der Waals surface area contributed by atoms with E-state index < -0.39 is 13.9 Å². The maximum absolute atomic E-state index is 6.64. The highest BCUT2D eigenvalue weighted by molar-refractivity contribution is 6.76. The van der Waals surface area contributed by atoms with Crippen molar-refractivity contribution < 1.29 is 14.2 Å². The molecule has 7 rings (SSSR count). The molecular weight excluding hydrogens is 667 g/mol. The molecule has 0 radical (unpaired) electrons. The molecule has 3 aliphatic rings. The summed E-state index contributed by atoms with van der Waals surface area (Å²) in [5.41, 5.74) is 10.8. The van der Waals surface area contributed by atoms with Crippen molar-refractivity contribution in [3.63, 3.8) is 0 Å². The van der Waals surface area contributed by atoms with Gasteiger partial charge in [0.25, 0.3) is 0 Å². The Kier molecular flexibility index (Phi) is 10.2. The van der Waals surface area contributed by atoms with E-state index in [0.29, 0.717) is 36.3 Å². The van der Waals surface area contributed by atoms with Gasteiger partial charge in [0.15, 0.2) is 5.79 Å². The molecule has 10 nitrogen and oxygen atoms in total. The van der Waals surface area contributed by atoms with Crippen LogP contribution in [0.3, 0.4) is 0 Å². The molecule has 2 saturated carbocycles. The molecule has 2 aliphatic carbocycles. The Labute approximate surface area is 311 Å². The topological polar surface area (TPSA) is 105 Å². The minimum atomic E-state index is -1.16. The quantitative estimate of drug-likeness (QED) is 0.109. The molecule has 52 heavy (non-hydrogen) atoms. The van der Waals surface area contributed by atoms with Crippen LogP contribution in [0.5, 0.6) is 0 Å². The van der Waals surface area contributed by atoms with Gasteiger partial charge in [0.2, 0.25) is 0 Å². The Balaban J connectivity index is 1.02. The average Bonchev–Trinajstić information content (AvgIpc) is 3.77. The number of ether oxygens (including phenoxy) is 3. The third-order valence-corrected chi connectivity index (χ3v) is 13.6. The van der Waals surface area contributed by atoms with E-state index in [9.17, 15) is 0 Å². The lowest BCUT2D eigenvalue weighted by Crippen LogP contribution is -2.44. The van der Waals surface area contributed by atoms with Crippen molar-refractivity contribution in [2.24, 2.45) is 17.8 Å². The SMILES string of the molecule is CC(C)N(CC1CC(Cc2nc3cc(C(C)(C)C)ccc3n2COCC[Si](C)(C)C)C1)CC1C[C@@H](n2ccc3c(N)ncnc32)[C@@H]2OC(C)(C)O[C@H]12. The van der Waals surface area contributed by atoms with Crippen molar-refractivity contribution in [1.29, 1.82) is 0 Å². The fraction of sp³-hybridized carbons (Fsp3) is 0.683. The maximum Gasteiger partial charge on any atom is 0.163 e. The van der Waals surface area contributed by atoms with Crippen LogP contribution in [0.4, 0.5) is 5.82 Å². The molecule has 1 unspecified atom stereocenters. The number of aromatic nitrogens is 5. The minimum absolute atomic E-state index is 0.0341. The first-order valence-electron chi connectivity index (χ1n) is 19.7. The lowest BCUT2D eigenvalue weighted by atomic mass is 9.72. The third kappa shape index (κ3) is 7.85. The van der Waals surface area contributed by atoms with Crippen molar-refractivity contribution in [2.45, 2.75) is 142 Å². The maximum atomic E-state index is 6.64. The van der Waals surface area contributed by atoms with Gasteiger partial charge in [-0.3, -0.25) is 0 Å². The number of nitrogen functional groups attached to an aromatic ring is 1. The number of benzene rings is 1. The predicted octanol–water partition coefficient (Wildman–Crippen LogP) is 8.03. The fourth-order valence-electron chi connectivity index (χ4n) is 8.82. The van der Waals surface area contributed by atoms with E-state index in [1.165, 1.54) is 35.8 Å². The van der Waals surface area contributed by atoms with Crippen LogP contribution in [-0.2, 0) is 32.8 Å². The number of fused-ring (bicyclic) bond motifs is 3. The van der Waals surface area contributed by atoms with Crippen LogP contribution in [0.2, 0.25) is 25.7 Å². The zero-order valence-corrected chi connectivity index (χ0v) is 34.4. The normalized spacial score (nSPS) is 26.2. The van der Waals surface area contributed by atoms with E-state index >= 15 is 0 Å². The second-order valence-corrected chi connectivity index (χ2v) is 24.7. The zero-order valence-electron chi connectivity index (χ0n) is 33.4. The van der Waals surface area contributed by atoms with Gasteiger partial charge >= 0.3 is 0 Å². The van der Waals surface area contributed by atoms with Crippen molar-refractivity contribution in [3.8, 4) is 0 Å². The van der Waals surface area contributed by atoms with Crippen LogP contribution in [0, 0.1) is 17.8 Å². The van der Waals surface area contributed by atoms with Gasteiger partial charge < -0.3 is 34.0 Å². The highest BCUT2D eigenvalue weighted by Gasteiger charge is 2.55. The van der Waals surface area contributed by atoms with Gasteiger partial charge in [0.1, 0.15) is 36.5 Å².